The molecule has 1 heterocycles. The predicted octanol–water partition coefficient (Wildman–Crippen LogP) is 3.03. The third kappa shape index (κ3) is 3.14. The van der Waals surface area contributed by atoms with Crippen LogP contribution in [0.25, 0.3) is 0 Å². The van der Waals surface area contributed by atoms with E-state index in [1.807, 2.05) is 5.38 Å². The zero-order valence-electron chi connectivity index (χ0n) is 9.11. The molecule has 0 aliphatic heterocycles. The van der Waals surface area contributed by atoms with Gasteiger partial charge in [0.25, 0.3) is 5.69 Å². The summed E-state index contributed by atoms with van der Waals surface area (Å²) in [5, 5.41) is 12.4. The van der Waals surface area contributed by atoms with Crippen LogP contribution in [0.5, 0.6) is 0 Å². The summed E-state index contributed by atoms with van der Waals surface area (Å²) in [5.41, 5.74) is 0.286. The van der Waals surface area contributed by atoms with Gasteiger partial charge in [0, 0.05) is 29.3 Å². The van der Waals surface area contributed by atoms with Crippen LogP contribution in [0.4, 0.5) is 5.69 Å². The van der Waals surface area contributed by atoms with Gasteiger partial charge in [-0.25, -0.2) is 4.98 Å². The Bertz CT molecular complexity index is 569. The topological polar surface area (TPSA) is 73.1 Å². The number of benzene rings is 1. The quantitative estimate of drug-likeness (QED) is 0.364. The standard InChI is InChI=1S/C11H8N2O3S2/c14-10(7-18-11-12-4-5-17-11)8-2-1-3-9(6-8)13(15)16/h1-6H,7H2. The maximum absolute atomic E-state index is 11.8. The largest absolute Gasteiger partial charge is 0.293 e. The molecule has 2 rings (SSSR count). The van der Waals surface area contributed by atoms with Crippen molar-refractivity contribution in [3.8, 4) is 0 Å². The lowest BCUT2D eigenvalue weighted by Crippen LogP contribution is -2.02. The molecule has 0 radical (unpaired) electrons. The third-order valence-electron chi connectivity index (χ3n) is 2.12. The molecule has 0 bridgehead atoms. The highest BCUT2D eigenvalue weighted by Crippen LogP contribution is 2.22. The second kappa shape index (κ2) is 5.74. The number of carbonyl (C=O) groups excluding carboxylic acids is 1. The Balaban J connectivity index is 2.04. The average molecular weight is 280 g/mol. The van der Waals surface area contributed by atoms with Gasteiger partial charge < -0.3 is 0 Å². The SMILES string of the molecule is O=C(CSc1nccs1)c1cccc([N+](=O)[O-])c1. The molecule has 1 aromatic heterocycles. The van der Waals surface area contributed by atoms with Crippen LogP contribution in [-0.2, 0) is 0 Å². The first kappa shape index (κ1) is 12.7. The molecule has 5 nitrogen and oxygen atoms in total. The minimum absolute atomic E-state index is 0.0694. The number of ketones is 1. The molecule has 0 unspecified atom stereocenters. The van der Waals surface area contributed by atoms with Crippen molar-refractivity contribution in [2.75, 3.05) is 5.75 Å². The molecule has 0 fully saturated rings. The van der Waals surface area contributed by atoms with Crippen LogP contribution < -0.4 is 0 Å². The molecule has 2 aromatic rings. The first-order chi connectivity index (χ1) is 8.66. The maximum atomic E-state index is 11.8. The van der Waals surface area contributed by atoms with Crippen LogP contribution in [0.1, 0.15) is 10.4 Å². The number of nitro groups is 1. The minimum Gasteiger partial charge on any atom is -0.293 e. The number of rotatable bonds is 5. The Morgan fingerprint density at radius 1 is 1.50 bits per heavy atom. The lowest BCUT2D eigenvalue weighted by atomic mass is 10.1. The third-order valence-corrected chi connectivity index (χ3v) is 4.08. The molecule has 0 saturated carbocycles. The van der Waals surface area contributed by atoms with Gasteiger partial charge in [-0.15, -0.1) is 11.3 Å². The van der Waals surface area contributed by atoms with Crippen molar-refractivity contribution in [1.29, 1.82) is 0 Å². The van der Waals surface area contributed by atoms with Crippen molar-refractivity contribution < 1.29 is 9.72 Å². The molecule has 0 N–H and O–H groups in total. The van der Waals surface area contributed by atoms with Gasteiger partial charge in [0.2, 0.25) is 0 Å². The molecule has 0 amide bonds. The van der Waals surface area contributed by atoms with Gasteiger partial charge in [-0.1, -0.05) is 23.9 Å². The molecular formula is C11H8N2O3S2. The number of nitrogens with zero attached hydrogens (tertiary/aromatic N) is 2. The van der Waals surface area contributed by atoms with Crippen LogP contribution in [0, 0.1) is 10.1 Å². The second-order valence-electron chi connectivity index (χ2n) is 3.32. The number of thiazole rings is 1. The smallest absolute Gasteiger partial charge is 0.270 e. The predicted molar refractivity (Wildman–Crippen MR) is 70.3 cm³/mol. The van der Waals surface area contributed by atoms with Crippen molar-refractivity contribution in [2.24, 2.45) is 0 Å². The highest BCUT2D eigenvalue weighted by Gasteiger charge is 2.12. The average Bonchev–Trinajstić information content (AvgIpc) is 2.89. The molecule has 0 atom stereocenters. The highest BCUT2D eigenvalue weighted by atomic mass is 32.2. The normalized spacial score (nSPS) is 10.2. The summed E-state index contributed by atoms with van der Waals surface area (Å²) in [6, 6.07) is 5.76. The van der Waals surface area contributed by atoms with Crippen LogP contribution in [-0.4, -0.2) is 21.4 Å². The molecule has 0 aliphatic rings. The first-order valence-corrected chi connectivity index (χ1v) is 6.83. The van der Waals surface area contributed by atoms with E-state index < -0.39 is 4.92 Å². The monoisotopic (exact) mass is 280 g/mol. The van der Waals surface area contributed by atoms with Gasteiger partial charge in [-0.05, 0) is 0 Å². The molecular weight excluding hydrogens is 272 g/mol. The molecule has 0 saturated heterocycles. The minimum atomic E-state index is -0.509. The van der Waals surface area contributed by atoms with Crippen LogP contribution in [0.15, 0.2) is 40.2 Å². The van der Waals surface area contributed by atoms with Crippen molar-refractivity contribution in [1.82, 2.24) is 4.98 Å². The Kier molecular flexibility index (Phi) is 4.06. The summed E-state index contributed by atoms with van der Waals surface area (Å²) in [5.74, 6) is 0.0909. The summed E-state index contributed by atoms with van der Waals surface area (Å²) < 4.78 is 0.814. The zero-order valence-corrected chi connectivity index (χ0v) is 10.7. The fourth-order valence-electron chi connectivity index (χ4n) is 1.29. The van der Waals surface area contributed by atoms with E-state index in [1.54, 1.807) is 12.3 Å². The molecule has 0 aliphatic carbocycles. The van der Waals surface area contributed by atoms with E-state index in [9.17, 15) is 14.9 Å². The van der Waals surface area contributed by atoms with Crippen molar-refractivity contribution in [2.45, 2.75) is 4.34 Å². The number of hydrogen-bond acceptors (Lipinski definition) is 6. The van der Waals surface area contributed by atoms with Crippen molar-refractivity contribution >= 4 is 34.6 Å². The highest BCUT2D eigenvalue weighted by molar-refractivity contribution is 8.01. The van der Waals surface area contributed by atoms with E-state index in [4.69, 9.17) is 0 Å². The fourth-order valence-corrected chi connectivity index (χ4v) is 2.82. The van der Waals surface area contributed by atoms with Gasteiger partial charge in [0.15, 0.2) is 5.78 Å². The van der Waals surface area contributed by atoms with E-state index in [1.165, 1.54) is 41.3 Å². The van der Waals surface area contributed by atoms with Gasteiger partial charge >= 0.3 is 0 Å². The van der Waals surface area contributed by atoms with Crippen LogP contribution >= 0.6 is 23.1 Å². The number of non-ortho nitro benzene ring substituents is 1. The summed E-state index contributed by atoms with van der Waals surface area (Å²) in [7, 11) is 0. The number of aromatic nitrogens is 1. The van der Waals surface area contributed by atoms with E-state index in [2.05, 4.69) is 4.98 Å². The number of Topliss-reactive ketones (excluding diaryl/α,β-unsaturated/α-hetero) is 1. The second-order valence-corrected chi connectivity index (χ2v) is 5.43. The summed E-state index contributed by atoms with van der Waals surface area (Å²) >= 11 is 2.79. The molecule has 1 aromatic carbocycles. The fraction of sp³-hybridized carbons (Fsp3) is 0.0909. The van der Waals surface area contributed by atoms with Gasteiger partial charge in [0.05, 0.1) is 10.7 Å². The van der Waals surface area contributed by atoms with Gasteiger partial charge in [-0.2, -0.15) is 0 Å². The van der Waals surface area contributed by atoms with Crippen LogP contribution in [0.3, 0.4) is 0 Å². The van der Waals surface area contributed by atoms with Crippen LogP contribution in [0.2, 0.25) is 0 Å². The number of carbonyl (C=O) groups is 1. The summed E-state index contributed by atoms with van der Waals surface area (Å²) in [6.07, 6.45) is 1.67. The van der Waals surface area contributed by atoms with E-state index in [0.29, 0.717) is 5.56 Å². The van der Waals surface area contributed by atoms with E-state index in [-0.39, 0.29) is 17.2 Å². The number of thioether (sulfide) groups is 1. The van der Waals surface area contributed by atoms with E-state index >= 15 is 0 Å². The van der Waals surface area contributed by atoms with Gasteiger partial charge in [0.1, 0.15) is 4.34 Å². The lowest BCUT2D eigenvalue weighted by molar-refractivity contribution is -0.384. The Morgan fingerprint density at radius 3 is 3.00 bits per heavy atom. The molecule has 18 heavy (non-hydrogen) atoms. The Hall–Kier alpha value is -1.73. The Labute approximate surface area is 111 Å². The zero-order chi connectivity index (χ0) is 13.0. The van der Waals surface area contributed by atoms with E-state index in [0.717, 1.165) is 4.34 Å². The van der Waals surface area contributed by atoms with Crippen molar-refractivity contribution in [3.63, 3.8) is 0 Å². The lowest BCUT2D eigenvalue weighted by Gasteiger charge is -1.99. The summed E-state index contributed by atoms with van der Waals surface area (Å²) in [6.45, 7) is 0. The first-order valence-electron chi connectivity index (χ1n) is 4.97. The molecule has 7 heteroatoms. The molecule has 0 spiro atoms. The molecule has 92 valence electrons. The number of hydrogen-bond donors (Lipinski definition) is 0. The Morgan fingerprint density at radius 2 is 2.33 bits per heavy atom. The van der Waals surface area contributed by atoms with Gasteiger partial charge in [-0.3, -0.25) is 14.9 Å². The number of nitro benzene ring substituents is 1. The maximum Gasteiger partial charge on any atom is 0.270 e. The summed E-state index contributed by atoms with van der Waals surface area (Å²) in [4.78, 5) is 26.0. The van der Waals surface area contributed by atoms with Crippen molar-refractivity contribution in [3.05, 3.63) is 51.5 Å².